The SMILES string of the molecule is C1=CC2=C(C=Nc3ccccc3S2)CC1. The summed E-state index contributed by atoms with van der Waals surface area (Å²) in [5, 5.41) is 0. The zero-order chi connectivity index (χ0) is 10.1. The lowest BCUT2D eigenvalue weighted by Crippen LogP contribution is -1.92. The minimum atomic E-state index is 1.09. The lowest BCUT2D eigenvalue weighted by Gasteiger charge is -2.09. The number of aliphatic imine (C=N–C) groups is 1. The first-order valence-corrected chi connectivity index (χ1v) is 5.96. The van der Waals surface area contributed by atoms with Crippen molar-refractivity contribution >= 4 is 23.7 Å². The van der Waals surface area contributed by atoms with Gasteiger partial charge in [-0.15, -0.1) is 0 Å². The van der Waals surface area contributed by atoms with Gasteiger partial charge in [0.25, 0.3) is 0 Å². The van der Waals surface area contributed by atoms with Crippen LogP contribution < -0.4 is 0 Å². The number of fused-ring (bicyclic) bond motifs is 1. The highest BCUT2D eigenvalue weighted by Gasteiger charge is 2.13. The van der Waals surface area contributed by atoms with Crippen molar-refractivity contribution in [2.24, 2.45) is 4.99 Å². The molecule has 0 fully saturated rings. The van der Waals surface area contributed by atoms with Crippen LogP contribution in [0.3, 0.4) is 0 Å². The van der Waals surface area contributed by atoms with Gasteiger partial charge in [-0.1, -0.05) is 36.0 Å². The molecular weight excluding hydrogens is 202 g/mol. The van der Waals surface area contributed by atoms with Crippen LogP contribution in [0.25, 0.3) is 0 Å². The Labute approximate surface area is 93.6 Å². The monoisotopic (exact) mass is 213 g/mol. The van der Waals surface area contributed by atoms with Gasteiger partial charge in [0.05, 0.1) is 5.69 Å². The van der Waals surface area contributed by atoms with Crippen LogP contribution in [-0.2, 0) is 0 Å². The molecule has 0 saturated carbocycles. The quantitative estimate of drug-likeness (QED) is 0.632. The van der Waals surface area contributed by atoms with E-state index in [1.54, 1.807) is 0 Å². The van der Waals surface area contributed by atoms with Crippen LogP contribution in [0.15, 0.2) is 56.8 Å². The van der Waals surface area contributed by atoms with Gasteiger partial charge in [0.15, 0.2) is 0 Å². The van der Waals surface area contributed by atoms with Crippen molar-refractivity contribution in [3.8, 4) is 0 Å². The van der Waals surface area contributed by atoms with Crippen LogP contribution in [0.2, 0.25) is 0 Å². The minimum absolute atomic E-state index is 1.09. The Morgan fingerprint density at radius 3 is 3.13 bits per heavy atom. The van der Waals surface area contributed by atoms with E-state index in [2.05, 4.69) is 35.3 Å². The Morgan fingerprint density at radius 2 is 2.13 bits per heavy atom. The number of allylic oxidation sites excluding steroid dienone is 3. The van der Waals surface area contributed by atoms with Gasteiger partial charge in [0, 0.05) is 16.0 Å². The molecule has 3 rings (SSSR count). The van der Waals surface area contributed by atoms with Gasteiger partial charge < -0.3 is 0 Å². The Bertz CT molecular complexity index is 483. The summed E-state index contributed by atoms with van der Waals surface area (Å²) in [7, 11) is 0. The summed E-state index contributed by atoms with van der Waals surface area (Å²) in [4.78, 5) is 7.14. The van der Waals surface area contributed by atoms with Gasteiger partial charge in [0.2, 0.25) is 0 Å². The summed E-state index contributed by atoms with van der Waals surface area (Å²) >= 11 is 1.83. The highest BCUT2D eigenvalue weighted by atomic mass is 32.2. The average Bonchev–Trinajstić information content (AvgIpc) is 2.48. The van der Waals surface area contributed by atoms with Crippen molar-refractivity contribution in [1.82, 2.24) is 0 Å². The Hall–Kier alpha value is -1.28. The third-order valence-electron chi connectivity index (χ3n) is 2.61. The molecule has 15 heavy (non-hydrogen) atoms. The number of thioether (sulfide) groups is 1. The first kappa shape index (κ1) is 8.98. The Kier molecular flexibility index (Phi) is 2.22. The van der Waals surface area contributed by atoms with Crippen molar-refractivity contribution in [2.45, 2.75) is 17.7 Å². The Morgan fingerprint density at radius 1 is 1.20 bits per heavy atom. The van der Waals surface area contributed by atoms with Gasteiger partial charge >= 0.3 is 0 Å². The molecule has 1 aromatic carbocycles. The minimum Gasteiger partial charge on any atom is -0.255 e. The fourth-order valence-corrected chi connectivity index (χ4v) is 2.86. The molecule has 1 heterocycles. The van der Waals surface area contributed by atoms with E-state index in [0.29, 0.717) is 0 Å². The van der Waals surface area contributed by atoms with Gasteiger partial charge in [-0.25, -0.2) is 0 Å². The van der Waals surface area contributed by atoms with E-state index >= 15 is 0 Å². The third kappa shape index (κ3) is 1.65. The molecule has 1 nitrogen and oxygen atoms in total. The largest absolute Gasteiger partial charge is 0.255 e. The maximum absolute atomic E-state index is 4.53. The predicted octanol–water partition coefficient (Wildman–Crippen LogP) is 4.10. The molecule has 0 amide bonds. The summed E-state index contributed by atoms with van der Waals surface area (Å²) in [6.07, 6.45) is 8.75. The summed E-state index contributed by atoms with van der Waals surface area (Å²) in [5.74, 6) is 0. The second-order valence-electron chi connectivity index (χ2n) is 3.66. The smallest absolute Gasteiger partial charge is 0.0769 e. The highest BCUT2D eigenvalue weighted by molar-refractivity contribution is 8.03. The molecule has 0 saturated heterocycles. The fourth-order valence-electron chi connectivity index (χ4n) is 1.80. The van der Waals surface area contributed by atoms with E-state index in [0.717, 1.165) is 18.5 Å². The topological polar surface area (TPSA) is 12.4 Å². The standard InChI is InChI=1S/C13H11NS/c1-3-7-12-10(5-1)9-14-11-6-2-4-8-13(11)15-12/h2-4,6-9H,1,5H2. The second-order valence-corrected chi connectivity index (χ2v) is 4.74. The molecule has 2 heteroatoms. The number of hydrogen-bond acceptors (Lipinski definition) is 2. The van der Waals surface area contributed by atoms with E-state index in [1.807, 2.05) is 24.0 Å². The van der Waals surface area contributed by atoms with E-state index < -0.39 is 0 Å². The third-order valence-corrected chi connectivity index (χ3v) is 3.79. The number of hydrogen-bond donors (Lipinski definition) is 0. The van der Waals surface area contributed by atoms with E-state index in [4.69, 9.17) is 0 Å². The van der Waals surface area contributed by atoms with Gasteiger partial charge in [0.1, 0.15) is 0 Å². The molecule has 2 aliphatic rings. The highest BCUT2D eigenvalue weighted by Crippen LogP contribution is 2.40. The molecule has 74 valence electrons. The lowest BCUT2D eigenvalue weighted by molar-refractivity contribution is 1.01. The summed E-state index contributed by atoms with van der Waals surface area (Å²) in [6.45, 7) is 0. The molecule has 0 unspecified atom stereocenters. The van der Waals surface area contributed by atoms with E-state index in [-0.39, 0.29) is 0 Å². The first-order chi connectivity index (χ1) is 7.43. The normalized spacial score (nSPS) is 18.4. The summed E-state index contributed by atoms with van der Waals surface area (Å²) in [5.41, 5.74) is 2.46. The lowest BCUT2D eigenvalue weighted by atomic mass is 10.1. The van der Waals surface area contributed by atoms with Crippen LogP contribution in [0.1, 0.15) is 12.8 Å². The van der Waals surface area contributed by atoms with Crippen LogP contribution in [-0.4, -0.2) is 6.21 Å². The maximum atomic E-state index is 4.53. The van der Waals surface area contributed by atoms with E-state index in [9.17, 15) is 0 Å². The number of para-hydroxylation sites is 1. The van der Waals surface area contributed by atoms with Crippen molar-refractivity contribution in [3.05, 3.63) is 46.9 Å². The molecule has 0 radical (unpaired) electrons. The van der Waals surface area contributed by atoms with Crippen molar-refractivity contribution in [2.75, 3.05) is 0 Å². The molecule has 0 spiro atoms. The van der Waals surface area contributed by atoms with Crippen LogP contribution in [0.5, 0.6) is 0 Å². The molecule has 0 N–H and O–H groups in total. The van der Waals surface area contributed by atoms with Crippen LogP contribution in [0, 0.1) is 0 Å². The van der Waals surface area contributed by atoms with Gasteiger partial charge in [-0.2, -0.15) is 0 Å². The van der Waals surface area contributed by atoms with Crippen molar-refractivity contribution in [1.29, 1.82) is 0 Å². The van der Waals surface area contributed by atoms with Gasteiger partial charge in [-0.3, -0.25) is 4.99 Å². The molecule has 0 bridgehead atoms. The molecule has 0 aromatic heterocycles. The summed E-state index contributed by atoms with van der Waals surface area (Å²) < 4.78 is 0. The predicted molar refractivity (Wildman–Crippen MR) is 65.9 cm³/mol. The Balaban J connectivity index is 2.09. The first-order valence-electron chi connectivity index (χ1n) is 5.14. The maximum Gasteiger partial charge on any atom is 0.0769 e. The number of benzene rings is 1. The number of nitrogens with zero attached hydrogens (tertiary/aromatic N) is 1. The van der Waals surface area contributed by atoms with Gasteiger partial charge in [-0.05, 0) is 30.5 Å². The second kappa shape index (κ2) is 3.70. The molecular formula is C13H11NS. The van der Waals surface area contributed by atoms with E-state index in [1.165, 1.54) is 15.4 Å². The average molecular weight is 213 g/mol. The van der Waals surface area contributed by atoms with Crippen LogP contribution in [0.4, 0.5) is 5.69 Å². The molecule has 1 aromatic rings. The number of rotatable bonds is 0. The van der Waals surface area contributed by atoms with Crippen LogP contribution >= 0.6 is 11.8 Å². The van der Waals surface area contributed by atoms with Crippen molar-refractivity contribution in [3.63, 3.8) is 0 Å². The molecule has 0 atom stereocenters. The zero-order valence-corrected chi connectivity index (χ0v) is 9.13. The van der Waals surface area contributed by atoms with Crippen molar-refractivity contribution < 1.29 is 0 Å². The molecule has 1 aliphatic heterocycles. The zero-order valence-electron chi connectivity index (χ0n) is 8.31. The summed E-state index contributed by atoms with van der Waals surface area (Å²) in [6, 6.07) is 8.31. The fraction of sp³-hybridized carbons (Fsp3) is 0.154. The molecule has 1 aliphatic carbocycles.